The molecule has 3 N–H and O–H groups in total. The molecular formula is C14H22Cl2N4O. The quantitative estimate of drug-likeness (QED) is 0.647. The standard InChI is InChI=1S/C14H22Cl2N4O/c1-3-6-17-12(21)5-8-19-14-11(16)9-10(15)13(20-14)18-7-4-2/h9H,3-8H2,1-2H3,(H,17,21)(H2,18,19,20). The van der Waals surface area contributed by atoms with Crippen LogP contribution in [0.25, 0.3) is 0 Å². The first-order valence-corrected chi connectivity index (χ1v) is 7.94. The Kier molecular flexibility index (Phi) is 8.23. The van der Waals surface area contributed by atoms with Crippen LogP contribution in [0.5, 0.6) is 0 Å². The topological polar surface area (TPSA) is 66.0 Å². The molecule has 0 aliphatic heterocycles. The molecule has 1 amide bonds. The third-order valence-corrected chi connectivity index (χ3v) is 3.26. The van der Waals surface area contributed by atoms with E-state index in [4.69, 9.17) is 23.2 Å². The van der Waals surface area contributed by atoms with Crippen molar-refractivity contribution in [3.63, 3.8) is 0 Å². The van der Waals surface area contributed by atoms with Crippen LogP contribution >= 0.6 is 23.2 Å². The Labute approximate surface area is 135 Å². The number of rotatable bonds is 9. The molecule has 0 atom stereocenters. The number of amides is 1. The van der Waals surface area contributed by atoms with Crippen LogP contribution in [0.2, 0.25) is 10.0 Å². The third kappa shape index (κ3) is 6.40. The Bertz CT molecular complexity index is 469. The molecule has 0 spiro atoms. The fourth-order valence-corrected chi connectivity index (χ4v) is 2.10. The second-order valence-corrected chi connectivity index (χ2v) is 5.42. The number of nitrogens with zero attached hydrogens (tertiary/aromatic N) is 1. The molecule has 1 aromatic heterocycles. The first-order valence-electron chi connectivity index (χ1n) is 7.19. The van der Waals surface area contributed by atoms with Crippen LogP contribution in [0.3, 0.4) is 0 Å². The molecule has 0 aliphatic carbocycles. The molecule has 5 nitrogen and oxygen atoms in total. The van der Waals surface area contributed by atoms with Gasteiger partial charge in [0.05, 0.1) is 10.0 Å². The monoisotopic (exact) mass is 332 g/mol. The lowest BCUT2D eigenvalue weighted by Crippen LogP contribution is -2.26. The first-order chi connectivity index (χ1) is 10.1. The van der Waals surface area contributed by atoms with E-state index >= 15 is 0 Å². The predicted octanol–water partition coefficient (Wildman–Crippen LogP) is 3.54. The molecule has 7 heteroatoms. The van der Waals surface area contributed by atoms with Crippen LogP contribution in [-0.4, -0.2) is 30.5 Å². The summed E-state index contributed by atoms with van der Waals surface area (Å²) in [5.74, 6) is 1.14. The Morgan fingerprint density at radius 3 is 2.19 bits per heavy atom. The first kappa shape index (κ1) is 17.9. The van der Waals surface area contributed by atoms with E-state index in [-0.39, 0.29) is 5.91 Å². The van der Waals surface area contributed by atoms with Gasteiger partial charge in [0.2, 0.25) is 5.91 Å². The van der Waals surface area contributed by atoms with Crippen molar-refractivity contribution in [3.05, 3.63) is 16.1 Å². The van der Waals surface area contributed by atoms with Crippen molar-refractivity contribution in [1.29, 1.82) is 0 Å². The molecule has 21 heavy (non-hydrogen) atoms. The summed E-state index contributed by atoms with van der Waals surface area (Å²) in [6.45, 7) is 6.03. The molecule has 0 saturated heterocycles. The van der Waals surface area contributed by atoms with Crippen LogP contribution in [0.15, 0.2) is 6.07 Å². The minimum absolute atomic E-state index is 0.0127. The van der Waals surface area contributed by atoms with E-state index in [2.05, 4.69) is 27.9 Å². The summed E-state index contributed by atoms with van der Waals surface area (Å²) in [7, 11) is 0. The van der Waals surface area contributed by atoms with Gasteiger partial charge in [-0.1, -0.05) is 37.0 Å². The molecule has 0 aliphatic rings. The second kappa shape index (κ2) is 9.68. The Balaban J connectivity index is 2.55. The maximum atomic E-state index is 11.5. The molecule has 0 unspecified atom stereocenters. The zero-order valence-corrected chi connectivity index (χ0v) is 13.9. The summed E-state index contributed by atoms with van der Waals surface area (Å²) in [5, 5.41) is 9.94. The number of hydrogen-bond donors (Lipinski definition) is 3. The second-order valence-electron chi connectivity index (χ2n) is 4.60. The molecule has 0 saturated carbocycles. The SMILES string of the molecule is CCCNC(=O)CCNc1nc(NCCC)c(Cl)cc1Cl. The van der Waals surface area contributed by atoms with Crippen LogP contribution in [0.1, 0.15) is 33.1 Å². The lowest BCUT2D eigenvalue weighted by Gasteiger charge is -2.12. The zero-order chi connectivity index (χ0) is 15.7. The van der Waals surface area contributed by atoms with Crippen LogP contribution in [0, 0.1) is 0 Å². The highest BCUT2D eigenvalue weighted by molar-refractivity contribution is 6.37. The minimum Gasteiger partial charge on any atom is -0.369 e. The zero-order valence-electron chi connectivity index (χ0n) is 12.4. The summed E-state index contributed by atoms with van der Waals surface area (Å²) < 4.78 is 0. The number of carbonyl (C=O) groups excluding carboxylic acids is 1. The average molecular weight is 333 g/mol. The largest absolute Gasteiger partial charge is 0.369 e. The van der Waals surface area contributed by atoms with Gasteiger partial charge in [-0.25, -0.2) is 4.98 Å². The number of carbonyl (C=O) groups is 1. The van der Waals surface area contributed by atoms with Gasteiger partial charge in [-0.2, -0.15) is 0 Å². The fraction of sp³-hybridized carbons (Fsp3) is 0.571. The highest BCUT2D eigenvalue weighted by Gasteiger charge is 2.09. The number of pyridine rings is 1. The number of halogens is 2. The molecule has 0 bridgehead atoms. The lowest BCUT2D eigenvalue weighted by atomic mass is 10.3. The average Bonchev–Trinajstić information content (AvgIpc) is 2.46. The van der Waals surface area contributed by atoms with E-state index in [0.717, 1.165) is 19.4 Å². The smallest absolute Gasteiger partial charge is 0.221 e. The summed E-state index contributed by atoms with van der Waals surface area (Å²) in [5.41, 5.74) is 0. The van der Waals surface area contributed by atoms with Crippen molar-refractivity contribution < 1.29 is 4.79 Å². The number of hydrogen-bond acceptors (Lipinski definition) is 4. The van der Waals surface area contributed by atoms with E-state index in [0.29, 0.717) is 41.2 Å². The minimum atomic E-state index is 0.0127. The normalized spacial score (nSPS) is 10.3. The van der Waals surface area contributed by atoms with Crippen molar-refractivity contribution >= 4 is 40.7 Å². The van der Waals surface area contributed by atoms with E-state index < -0.39 is 0 Å². The highest BCUT2D eigenvalue weighted by Crippen LogP contribution is 2.29. The predicted molar refractivity (Wildman–Crippen MR) is 89.4 cm³/mol. The van der Waals surface area contributed by atoms with Crippen molar-refractivity contribution in [2.75, 3.05) is 30.3 Å². The van der Waals surface area contributed by atoms with Gasteiger partial charge >= 0.3 is 0 Å². The Morgan fingerprint density at radius 2 is 1.62 bits per heavy atom. The molecule has 1 aromatic rings. The van der Waals surface area contributed by atoms with Crippen molar-refractivity contribution in [3.8, 4) is 0 Å². The van der Waals surface area contributed by atoms with Crippen molar-refractivity contribution in [2.45, 2.75) is 33.1 Å². The maximum Gasteiger partial charge on any atom is 0.221 e. The number of anilines is 2. The van der Waals surface area contributed by atoms with E-state index in [1.165, 1.54) is 0 Å². The molecule has 1 rings (SSSR count). The van der Waals surface area contributed by atoms with Crippen molar-refractivity contribution in [2.24, 2.45) is 0 Å². The third-order valence-electron chi connectivity index (χ3n) is 2.69. The van der Waals surface area contributed by atoms with Gasteiger partial charge in [0.15, 0.2) is 0 Å². The van der Waals surface area contributed by atoms with Gasteiger partial charge in [0.25, 0.3) is 0 Å². The van der Waals surface area contributed by atoms with Gasteiger partial charge in [-0.05, 0) is 18.9 Å². The molecular weight excluding hydrogens is 311 g/mol. The number of nitrogens with one attached hydrogen (secondary N) is 3. The van der Waals surface area contributed by atoms with Crippen molar-refractivity contribution in [1.82, 2.24) is 10.3 Å². The highest BCUT2D eigenvalue weighted by atomic mass is 35.5. The summed E-state index contributed by atoms with van der Waals surface area (Å²) in [6, 6.07) is 1.65. The number of aromatic nitrogens is 1. The molecule has 118 valence electrons. The lowest BCUT2D eigenvalue weighted by molar-refractivity contribution is -0.120. The van der Waals surface area contributed by atoms with E-state index in [1.807, 2.05) is 6.92 Å². The maximum absolute atomic E-state index is 11.5. The fourth-order valence-electron chi connectivity index (χ4n) is 1.61. The van der Waals surface area contributed by atoms with Gasteiger partial charge < -0.3 is 16.0 Å². The molecule has 0 radical (unpaired) electrons. The van der Waals surface area contributed by atoms with Crippen LogP contribution < -0.4 is 16.0 Å². The molecule has 0 fully saturated rings. The summed E-state index contributed by atoms with van der Waals surface area (Å²) >= 11 is 12.2. The molecule has 1 heterocycles. The van der Waals surface area contributed by atoms with Gasteiger partial charge in [-0.3, -0.25) is 4.79 Å². The summed E-state index contributed by atoms with van der Waals surface area (Å²) in [4.78, 5) is 15.9. The van der Waals surface area contributed by atoms with Gasteiger partial charge in [0.1, 0.15) is 11.6 Å². The Hall–Kier alpha value is -1.20. The molecule has 0 aromatic carbocycles. The van der Waals surface area contributed by atoms with Crippen LogP contribution in [0.4, 0.5) is 11.6 Å². The van der Waals surface area contributed by atoms with Gasteiger partial charge in [-0.15, -0.1) is 0 Å². The van der Waals surface area contributed by atoms with E-state index in [1.54, 1.807) is 6.07 Å². The Morgan fingerprint density at radius 1 is 1.05 bits per heavy atom. The van der Waals surface area contributed by atoms with Crippen LogP contribution in [-0.2, 0) is 4.79 Å². The van der Waals surface area contributed by atoms with E-state index in [9.17, 15) is 4.79 Å². The summed E-state index contributed by atoms with van der Waals surface area (Å²) in [6.07, 6.45) is 2.27. The van der Waals surface area contributed by atoms with Gasteiger partial charge in [0, 0.05) is 26.1 Å².